The van der Waals surface area contributed by atoms with Crippen molar-refractivity contribution in [2.45, 2.75) is 50.7 Å². The van der Waals surface area contributed by atoms with Crippen LogP contribution >= 0.6 is 0 Å². The Morgan fingerprint density at radius 3 is 2.47 bits per heavy atom. The van der Waals surface area contributed by atoms with Gasteiger partial charge in [0.05, 0.1) is 32.7 Å². The van der Waals surface area contributed by atoms with Crippen molar-refractivity contribution < 1.29 is 23.5 Å². The van der Waals surface area contributed by atoms with Gasteiger partial charge in [-0.1, -0.05) is 12.8 Å². The van der Waals surface area contributed by atoms with Crippen molar-refractivity contribution in [1.29, 1.82) is 0 Å². The molecule has 0 radical (unpaired) electrons. The number of fused-ring (bicyclic) bond motifs is 1. The van der Waals surface area contributed by atoms with Crippen molar-refractivity contribution >= 4 is 17.5 Å². The van der Waals surface area contributed by atoms with Crippen molar-refractivity contribution in [3.05, 3.63) is 54.4 Å². The van der Waals surface area contributed by atoms with Gasteiger partial charge in [0.15, 0.2) is 11.5 Å². The molecule has 5 rings (SSSR count). The normalized spacial score (nSPS) is 20.3. The van der Waals surface area contributed by atoms with Crippen LogP contribution in [0.4, 0.5) is 5.69 Å². The van der Waals surface area contributed by atoms with Crippen LogP contribution in [0.15, 0.2) is 53.1 Å². The molecule has 1 saturated carbocycles. The van der Waals surface area contributed by atoms with Gasteiger partial charge in [0.25, 0.3) is 5.91 Å². The minimum Gasteiger partial charge on any atom is -0.493 e. The second-order valence-electron chi connectivity index (χ2n) is 9.08. The van der Waals surface area contributed by atoms with E-state index in [-0.39, 0.29) is 24.4 Å². The first kappa shape index (κ1) is 22.1. The maximum absolute atomic E-state index is 13.9. The SMILES string of the molecule is COc1ccc(N2C(=O)c3ccc(-c4ccco4)n3C[C@@]2(C)C(=O)NC2CCCC2)cc1OC. The zero-order valence-corrected chi connectivity index (χ0v) is 19.7. The molecule has 0 spiro atoms. The number of furan rings is 1. The van der Waals surface area contributed by atoms with Gasteiger partial charge in [-0.3, -0.25) is 14.5 Å². The van der Waals surface area contributed by atoms with Gasteiger partial charge < -0.3 is 23.8 Å². The van der Waals surface area contributed by atoms with E-state index >= 15 is 0 Å². The number of carbonyl (C=O) groups is 2. The number of nitrogens with one attached hydrogen (secondary N) is 1. The van der Waals surface area contributed by atoms with Crippen molar-refractivity contribution in [3.63, 3.8) is 0 Å². The number of nitrogens with zero attached hydrogens (tertiary/aromatic N) is 2. The Bertz CT molecular complexity index is 1210. The minimum atomic E-state index is -1.17. The lowest BCUT2D eigenvalue weighted by Crippen LogP contribution is -2.65. The Kier molecular flexibility index (Phi) is 5.59. The molecule has 2 aliphatic rings. The zero-order valence-electron chi connectivity index (χ0n) is 19.7. The molecule has 2 amide bonds. The first-order chi connectivity index (χ1) is 16.5. The number of carbonyl (C=O) groups excluding carboxylic acids is 2. The molecule has 0 saturated heterocycles. The van der Waals surface area contributed by atoms with Crippen LogP contribution in [0.25, 0.3) is 11.5 Å². The van der Waals surface area contributed by atoms with E-state index in [1.807, 2.05) is 29.7 Å². The predicted octanol–water partition coefficient (Wildman–Crippen LogP) is 4.24. The van der Waals surface area contributed by atoms with Crippen molar-refractivity contribution in [3.8, 4) is 23.0 Å². The highest BCUT2D eigenvalue weighted by Crippen LogP contribution is 2.40. The van der Waals surface area contributed by atoms with Crippen LogP contribution in [-0.4, -0.2) is 42.2 Å². The molecule has 0 bridgehead atoms. The van der Waals surface area contributed by atoms with E-state index < -0.39 is 5.54 Å². The van der Waals surface area contributed by atoms with Crippen LogP contribution in [0.2, 0.25) is 0 Å². The van der Waals surface area contributed by atoms with E-state index in [1.54, 1.807) is 49.6 Å². The summed E-state index contributed by atoms with van der Waals surface area (Å²) >= 11 is 0. The van der Waals surface area contributed by atoms with Crippen molar-refractivity contribution in [1.82, 2.24) is 9.88 Å². The first-order valence-corrected chi connectivity index (χ1v) is 11.6. The number of rotatable bonds is 6. The summed E-state index contributed by atoms with van der Waals surface area (Å²) < 4.78 is 18.3. The predicted molar refractivity (Wildman–Crippen MR) is 127 cm³/mol. The second-order valence-corrected chi connectivity index (χ2v) is 9.08. The van der Waals surface area contributed by atoms with Crippen molar-refractivity contribution in [2.75, 3.05) is 19.1 Å². The molecule has 3 heterocycles. The monoisotopic (exact) mass is 463 g/mol. The summed E-state index contributed by atoms with van der Waals surface area (Å²) in [5, 5.41) is 3.21. The Morgan fingerprint density at radius 1 is 1.06 bits per heavy atom. The quantitative estimate of drug-likeness (QED) is 0.591. The third-order valence-corrected chi connectivity index (χ3v) is 6.94. The fourth-order valence-corrected chi connectivity index (χ4v) is 5.13. The molecule has 8 nitrogen and oxygen atoms in total. The van der Waals surface area contributed by atoms with Crippen LogP contribution in [0, 0.1) is 0 Å². The van der Waals surface area contributed by atoms with Crippen LogP contribution < -0.4 is 19.7 Å². The average Bonchev–Trinajstić information content (AvgIpc) is 3.60. The van der Waals surface area contributed by atoms with Gasteiger partial charge in [-0.05, 0) is 56.2 Å². The molecule has 1 aliphatic carbocycles. The van der Waals surface area contributed by atoms with E-state index in [4.69, 9.17) is 13.9 Å². The summed E-state index contributed by atoms with van der Waals surface area (Å²) in [6.07, 6.45) is 5.72. The maximum atomic E-state index is 13.9. The van der Waals surface area contributed by atoms with Gasteiger partial charge in [-0.2, -0.15) is 0 Å². The standard InChI is InChI=1S/C26H29N3O5/c1-26(25(31)27-17-7-4-5-8-17)16-28-19(21-9-6-14-34-21)11-12-20(28)24(30)29(26)18-10-13-22(32-2)23(15-18)33-3/h6,9-15,17H,4-5,7-8,16H2,1-3H3,(H,27,31)/t26-/m0/s1. The van der Waals surface area contributed by atoms with E-state index in [1.165, 1.54) is 0 Å². The maximum Gasteiger partial charge on any atom is 0.275 e. The van der Waals surface area contributed by atoms with Gasteiger partial charge >= 0.3 is 0 Å². The molecular weight excluding hydrogens is 434 g/mol. The van der Waals surface area contributed by atoms with Gasteiger partial charge in [-0.15, -0.1) is 0 Å². The molecule has 1 N–H and O–H groups in total. The van der Waals surface area contributed by atoms with E-state index in [9.17, 15) is 9.59 Å². The number of hydrogen-bond donors (Lipinski definition) is 1. The molecule has 0 unspecified atom stereocenters. The molecule has 3 aromatic rings. The second kappa shape index (κ2) is 8.59. The number of methoxy groups -OCH3 is 2. The molecular formula is C26H29N3O5. The molecule has 8 heteroatoms. The van der Waals surface area contributed by atoms with Gasteiger partial charge in [-0.25, -0.2) is 0 Å². The fourth-order valence-electron chi connectivity index (χ4n) is 5.13. The summed E-state index contributed by atoms with van der Waals surface area (Å²) in [6.45, 7) is 2.10. The lowest BCUT2D eigenvalue weighted by atomic mass is 9.93. The molecule has 1 atom stereocenters. The highest BCUT2D eigenvalue weighted by atomic mass is 16.5. The average molecular weight is 464 g/mol. The van der Waals surface area contributed by atoms with Gasteiger partial charge in [0.1, 0.15) is 17.0 Å². The van der Waals surface area contributed by atoms with Crippen LogP contribution in [0.3, 0.4) is 0 Å². The summed E-state index contributed by atoms with van der Waals surface area (Å²) in [7, 11) is 3.11. The Labute approximate surface area is 198 Å². The molecule has 1 fully saturated rings. The van der Waals surface area contributed by atoms with E-state index in [0.29, 0.717) is 28.6 Å². The molecule has 2 aromatic heterocycles. The first-order valence-electron chi connectivity index (χ1n) is 11.6. The number of amides is 2. The van der Waals surface area contributed by atoms with Crippen LogP contribution in [-0.2, 0) is 11.3 Å². The Balaban J connectivity index is 1.62. The largest absolute Gasteiger partial charge is 0.493 e. The van der Waals surface area contributed by atoms with E-state index in [2.05, 4.69) is 5.32 Å². The Hall–Kier alpha value is -3.68. The molecule has 34 heavy (non-hydrogen) atoms. The highest BCUT2D eigenvalue weighted by molar-refractivity contribution is 6.12. The zero-order chi connectivity index (χ0) is 23.9. The summed E-state index contributed by atoms with van der Waals surface area (Å²) in [4.78, 5) is 29.3. The third kappa shape index (κ3) is 3.54. The topological polar surface area (TPSA) is 85.9 Å². The third-order valence-electron chi connectivity index (χ3n) is 6.94. The van der Waals surface area contributed by atoms with Gasteiger partial charge in [0, 0.05) is 17.8 Å². The minimum absolute atomic E-state index is 0.127. The van der Waals surface area contributed by atoms with E-state index in [0.717, 1.165) is 31.4 Å². The number of anilines is 1. The fraction of sp³-hybridized carbons (Fsp3) is 0.385. The molecule has 178 valence electrons. The number of hydrogen-bond acceptors (Lipinski definition) is 5. The summed E-state index contributed by atoms with van der Waals surface area (Å²) in [5.74, 6) is 1.25. The number of benzene rings is 1. The summed E-state index contributed by atoms with van der Waals surface area (Å²) in [5.41, 5.74) is 0.651. The van der Waals surface area contributed by atoms with Crippen molar-refractivity contribution in [2.24, 2.45) is 0 Å². The lowest BCUT2D eigenvalue weighted by molar-refractivity contribution is -0.127. The number of aromatic nitrogens is 1. The smallest absolute Gasteiger partial charge is 0.275 e. The Morgan fingerprint density at radius 2 is 1.79 bits per heavy atom. The van der Waals surface area contributed by atoms with Gasteiger partial charge in [0.2, 0.25) is 5.91 Å². The van der Waals surface area contributed by atoms with Crippen LogP contribution in [0.1, 0.15) is 43.1 Å². The van der Waals surface area contributed by atoms with Crippen LogP contribution in [0.5, 0.6) is 11.5 Å². The summed E-state index contributed by atoms with van der Waals surface area (Å²) in [6, 6.07) is 12.7. The molecule has 1 aliphatic heterocycles. The highest BCUT2D eigenvalue weighted by Gasteiger charge is 2.49. The number of ether oxygens (including phenoxy) is 2. The lowest BCUT2D eigenvalue weighted by Gasteiger charge is -2.44. The molecule has 1 aromatic carbocycles.